The molecular weight excluding hydrogens is 424 g/mol. The number of methoxy groups -OCH3 is 1. The van der Waals surface area contributed by atoms with Crippen molar-refractivity contribution in [3.63, 3.8) is 0 Å². The van der Waals surface area contributed by atoms with Crippen molar-refractivity contribution < 1.29 is 28.6 Å². The second-order valence-corrected chi connectivity index (χ2v) is 6.90. The van der Waals surface area contributed by atoms with Gasteiger partial charge in [-0.25, -0.2) is 0 Å². The molecule has 3 aromatic carbocycles. The topological polar surface area (TPSA) is 103 Å². The molecule has 3 rings (SSSR count). The molecule has 0 bridgehead atoms. The maximum atomic E-state index is 12.1. The molecule has 0 fully saturated rings. The van der Waals surface area contributed by atoms with Crippen molar-refractivity contribution in [3.8, 4) is 17.2 Å². The highest BCUT2D eigenvalue weighted by Gasteiger charge is 2.12. The molecule has 33 heavy (non-hydrogen) atoms. The predicted octanol–water partition coefficient (Wildman–Crippen LogP) is 4.39. The smallest absolute Gasteiger partial charge is 0.306 e. The molecule has 2 amide bonds. The van der Waals surface area contributed by atoms with Gasteiger partial charge in [-0.05, 0) is 48.5 Å². The fourth-order valence-electron chi connectivity index (χ4n) is 2.82. The Bertz CT molecular complexity index is 1080. The average molecular weight is 448 g/mol. The van der Waals surface area contributed by atoms with Crippen molar-refractivity contribution in [1.29, 1.82) is 0 Å². The van der Waals surface area contributed by atoms with E-state index in [0.717, 1.165) is 0 Å². The SMILES string of the molecule is COc1ccccc1NC(=O)COC(=O)CCC(=O)Nc1ccc(Oc2ccccc2)cc1. The summed E-state index contributed by atoms with van der Waals surface area (Å²) < 4.78 is 15.8. The molecule has 0 unspecified atom stereocenters. The number of nitrogens with one attached hydrogen (secondary N) is 2. The van der Waals surface area contributed by atoms with Gasteiger partial charge in [0, 0.05) is 12.1 Å². The van der Waals surface area contributed by atoms with Crippen LogP contribution in [0.3, 0.4) is 0 Å². The first-order chi connectivity index (χ1) is 16.0. The van der Waals surface area contributed by atoms with Crippen molar-refractivity contribution in [2.24, 2.45) is 0 Å². The Labute approximate surface area is 191 Å². The molecule has 170 valence electrons. The number of anilines is 2. The van der Waals surface area contributed by atoms with E-state index in [0.29, 0.717) is 28.6 Å². The monoisotopic (exact) mass is 448 g/mol. The molecule has 8 nitrogen and oxygen atoms in total. The molecule has 0 saturated heterocycles. The highest BCUT2D eigenvalue weighted by Crippen LogP contribution is 2.23. The van der Waals surface area contributed by atoms with Gasteiger partial charge in [0.2, 0.25) is 5.91 Å². The summed E-state index contributed by atoms with van der Waals surface area (Å²) in [7, 11) is 1.49. The second kappa shape index (κ2) is 11.9. The van der Waals surface area contributed by atoms with Crippen LogP contribution in [-0.2, 0) is 19.1 Å². The first-order valence-corrected chi connectivity index (χ1v) is 10.2. The van der Waals surface area contributed by atoms with Crippen LogP contribution in [0, 0.1) is 0 Å². The van der Waals surface area contributed by atoms with Gasteiger partial charge in [0.05, 0.1) is 19.2 Å². The van der Waals surface area contributed by atoms with Gasteiger partial charge in [0.25, 0.3) is 5.91 Å². The normalized spacial score (nSPS) is 10.1. The Morgan fingerprint density at radius 3 is 2.12 bits per heavy atom. The van der Waals surface area contributed by atoms with E-state index in [9.17, 15) is 14.4 Å². The van der Waals surface area contributed by atoms with Crippen LogP contribution in [0.25, 0.3) is 0 Å². The molecule has 8 heteroatoms. The maximum absolute atomic E-state index is 12.1. The first kappa shape index (κ1) is 23.3. The van der Waals surface area contributed by atoms with Crippen LogP contribution < -0.4 is 20.1 Å². The summed E-state index contributed by atoms with van der Waals surface area (Å²) in [5.74, 6) is 0.344. The molecule has 0 aliphatic carbocycles. The van der Waals surface area contributed by atoms with Crippen LogP contribution in [-0.4, -0.2) is 31.5 Å². The third-order valence-corrected chi connectivity index (χ3v) is 4.42. The number of esters is 1. The zero-order valence-corrected chi connectivity index (χ0v) is 18.1. The van der Waals surface area contributed by atoms with Crippen LogP contribution in [0.2, 0.25) is 0 Å². The number of benzene rings is 3. The number of ether oxygens (including phenoxy) is 3. The highest BCUT2D eigenvalue weighted by molar-refractivity contribution is 5.95. The summed E-state index contributed by atoms with van der Waals surface area (Å²) in [6, 6.07) is 23.1. The fourth-order valence-corrected chi connectivity index (χ4v) is 2.82. The van der Waals surface area contributed by atoms with Gasteiger partial charge in [0.1, 0.15) is 17.2 Å². The molecule has 0 heterocycles. The molecule has 0 aliphatic rings. The molecule has 0 aliphatic heterocycles. The van der Waals surface area contributed by atoms with Gasteiger partial charge in [0.15, 0.2) is 6.61 Å². The largest absolute Gasteiger partial charge is 0.495 e. The van der Waals surface area contributed by atoms with E-state index in [1.165, 1.54) is 7.11 Å². The lowest BCUT2D eigenvalue weighted by molar-refractivity contribution is -0.147. The molecule has 3 aromatic rings. The number of amides is 2. The summed E-state index contributed by atoms with van der Waals surface area (Å²) in [5.41, 5.74) is 1.05. The second-order valence-electron chi connectivity index (χ2n) is 6.90. The summed E-state index contributed by atoms with van der Waals surface area (Å²) in [6.07, 6.45) is -0.224. The van der Waals surface area contributed by atoms with Crippen molar-refractivity contribution >= 4 is 29.2 Å². The quantitative estimate of drug-likeness (QED) is 0.446. The molecule has 0 spiro atoms. The molecular formula is C25H24N2O6. The lowest BCUT2D eigenvalue weighted by Gasteiger charge is -2.10. The minimum atomic E-state index is -0.646. The first-order valence-electron chi connectivity index (χ1n) is 10.2. The van der Waals surface area contributed by atoms with E-state index in [1.807, 2.05) is 30.3 Å². The van der Waals surface area contributed by atoms with Crippen molar-refractivity contribution in [2.75, 3.05) is 24.4 Å². The lowest BCUT2D eigenvalue weighted by Crippen LogP contribution is -2.22. The molecule has 0 radical (unpaired) electrons. The van der Waals surface area contributed by atoms with Crippen molar-refractivity contribution in [2.45, 2.75) is 12.8 Å². The van der Waals surface area contributed by atoms with Crippen LogP contribution in [0.15, 0.2) is 78.9 Å². The van der Waals surface area contributed by atoms with Gasteiger partial charge < -0.3 is 24.8 Å². The summed E-state index contributed by atoms with van der Waals surface area (Å²) in [6.45, 7) is -0.457. The Balaban J connectivity index is 1.37. The fraction of sp³-hybridized carbons (Fsp3) is 0.160. The summed E-state index contributed by atoms with van der Waals surface area (Å²) in [4.78, 5) is 35.9. The lowest BCUT2D eigenvalue weighted by atomic mass is 10.2. The molecule has 2 N–H and O–H groups in total. The van der Waals surface area contributed by atoms with E-state index in [1.54, 1.807) is 48.5 Å². The van der Waals surface area contributed by atoms with Crippen LogP contribution >= 0.6 is 0 Å². The van der Waals surface area contributed by atoms with Gasteiger partial charge >= 0.3 is 5.97 Å². The van der Waals surface area contributed by atoms with E-state index in [-0.39, 0.29) is 18.7 Å². The zero-order chi connectivity index (χ0) is 23.5. The van der Waals surface area contributed by atoms with Crippen LogP contribution in [0.1, 0.15) is 12.8 Å². The van der Waals surface area contributed by atoms with Gasteiger partial charge in [-0.15, -0.1) is 0 Å². The third-order valence-electron chi connectivity index (χ3n) is 4.42. The molecule has 0 saturated carbocycles. The standard InChI is InChI=1S/C25H24N2O6/c1-31-22-10-6-5-9-21(22)27-24(29)17-32-25(30)16-15-23(28)26-18-11-13-20(14-12-18)33-19-7-3-2-4-8-19/h2-14H,15-17H2,1H3,(H,26,28)(H,27,29). The van der Waals surface area contributed by atoms with Crippen molar-refractivity contribution in [3.05, 3.63) is 78.9 Å². The van der Waals surface area contributed by atoms with E-state index in [4.69, 9.17) is 14.2 Å². The summed E-state index contributed by atoms with van der Waals surface area (Å²) in [5, 5.41) is 5.31. The number of hydrogen-bond donors (Lipinski definition) is 2. The Morgan fingerprint density at radius 2 is 1.39 bits per heavy atom. The molecule has 0 aromatic heterocycles. The van der Waals surface area contributed by atoms with Gasteiger partial charge in [-0.1, -0.05) is 30.3 Å². The maximum Gasteiger partial charge on any atom is 0.306 e. The number of para-hydroxylation sites is 3. The van der Waals surface area contributed by atoms with Crippen molar-refractivity contribution in [1.82, 2.24) is 0 Å². The predicted molar refractivity (Wildman–Crippen MR) is 123 cm³/mol. The van der Waals surface area contributed by atoms with Gasteiger partial charge in [-0.3, -0.25) is 14.4 Å². The number of carbonyl (C=O) groups excluding carboxylic acids is 3. The Kier molecular flexibility index (Phi) is 8.41. The Hall–Kier alpha value is -4.33. The minimum absolute atomic E-state index is 0.0742. The van der Waals surface area contributed by atoms with Gasteiger partial charge in [-0.2, -0.15) is 0 Å². The van der Waals surface area contributed by atoms with E-state index in [2.05, 4.69) is 10.6 Å². The minimum Gasteiger partial charge on any atom is -0.495 e. The zero-order valence-electron chi connectivity index (χ0n) is 18.1. The van der Waals surface area contributed by atoms with E-state index >= 15 is 0 Å². The van der Waals surface area contributed by atoms with Crippen LogP contribution in [0.4, 0.5) is 11.4 Å². The molecule has 0 atom stereocenters. The summed E-state index contributed by atoms with van der Waals surface area (Å²) >= 11 is 0. The van der Waals surface area contributed by atoms with Crippen LogP contribution in [0.5, 0.6) is 17.2 Å². The van der Waals surface area contributed by atoms with E-state index < -0.39 is 18.5 Å². The highest BCUT2D eigenvalue weighted by atomic mass is 16.5. The number of rotatable bonds is 10. The average Bonchev–Trinajstić information content (AvgIpc) is 2.83. The Morgan fingerprint density at radius 1 is 0.727 bits per heavy atom. The number of carbonyl (C=O) groups is 3. The third kappa shape index (κ3) is 7.70. The number of hydrogen-bond acceptors (Lipinski definition) is 6.